The van der Waals surface area contributed by atoms with Crippen LogP contribution in [0.25, 0.3) is 20.2 Å². The number of anilines is 1. The lowest BCUT2D eigenvalue weighted by Gasteiger charge is -2.15. The van der Waals surface area contributed by atoms with Crippen molar-refractivity contribution in [2.24, 2.45) is 0 Å². The van der Waals surface area contributed by atoms with Crippen LogP contribution in [0.1, 0.15) is 5.56 Å². The van der Waals surface area contributed by atoms with Gasteiger partial charge >= 0.3 is 0 Å². The third kappa shape index (κ3) is 8.11. The molecule has 2 aromatic carbocycles. The van der Waals surface area contributed by atoms with Crippen LogP contribution in [-0.4, -0.2) is 66.0 Å². The summed E-state index contributed by atoms with van der Waals surface area (Å²) >= 11 is 1.51. The summed E-state index contributed by atoms with van der Waals surface area (Å²) in [6, 6.07) is 11.2. The summed E-state index contributed by atoms with van der Waals surface area (Å²) in [6.07, 6.45) is 1.84. The summed E-state index contributed by atoms with van der Waals surface area (Å²) < 4.78 is 53.1. The average molecular weight is 502 g/mol. The van der Waals surface area contributed by atoms with Gasteiger partial charge in [0, 0.05) is 40.1 Å². The number of hydrogen-bond donors (Lipinski definition) is 3. The Hall–Kier alpha value is -2.09. The zero-order valence-electron chi connectivity index (χ0n) is 18.2. The molecule has 0 saturated heterocycles. The van der Waals surface area contributed by atoms with Crippen LogP contribution in [-0.2, 0) is 26.7 Å². The molecular weight excluding hydrogens is 474 g/mol. The van der Waals surface area contributed by atoms with Crippen LogP contribution in [0.15, 0.2) is 41.2 Å². The minimum absolute atomic E-state index is 0.0343. The summed E-state index contributed by atoms with van der Waals surface area (Å²) in [5.41, 5.74) is 1.54. The second-order valence-electron chi connectivity index (χ2n) is 7.46. The molecule has 0 amide bonds. The maximum absolute atomic E-state index is 13.2. The van der Waals surface area contributed by atoms with Crippen molar-refractivity contribution in [3.63, 3.8) is 0 Å². The summed E-state index contributed by atoms with van der Waals surface area (Å²) in [7, 11) is -3.00. The predicted octanol–water partition coefficient (Wildman–Crippen LogP) is 1.94. The van der Waals surface area contributed by atoms with Crippen molar-refractivity contribution in [1.29, 1.82) is 0 Å². The van der Waals surface area contributed by atoms with E-state index in [1.54, 1.807) is 0 Å². The van der Waals surface area contributed by atoms with Gasteiger partial charge in [0.05, 0.1) is 17.9 Å². The van der Waals surface area contributed by atoms with Crippen LogP contribution in [0.4, 0.5) is 5.69 Å². The molecule has 0 aliphatic carbocycles. The van der Waals surface area contributed by atoms with Gasteiger partial charge in [0.2, 0.25) is 10.0 Å². The molecule has 3 N–H and O–H groups in total. The zero-order chi connectivity index (χ0) is 24.1. The van der Waals surface area contributed by atoms with E-state index in [9.17, 15) is 21.6 Å². The van der Waals surface area contributed by atoms with E-state index in [0.29, 0.717) is 23.6 Å². The molecule has 1 heterocycles. The molecule has 0 atom stereocenters. The van der Waals surface area contributed by atoms with Crippen molar-refractivity contribution in [3.8, 4) is 0 Å². The van der Waals surface area contributed by atoms with E-state index >= 15 is 0 Å². The second kappa shape index (κ2) is 10.7. The molecule has 0 bridgehead atoms. The fourth-order valence-electron chi connectivity index (χ4n) is 2.87. The first-order valence-electron chi connectivity index (χ1n) is 9.49. The fourth-order valence-corrected chi connectivity index (χ4v) is 4.50. The van der Waals surface area contributed by atoms with E-state index in [1.165, 1.54) is 11.3 Å². The van der Waals surface area contributed by atoms with Gasteiger partial charge in [-0.3, -0.25) is 9.35 Å². The SMILES string of the molecule is CN(C)CCNc1ccc(CNS(C)(=O)=O)c2sc3ccccc3c(=O)c12.CS(=O)(=O)O. The number of likely N-dealkylation sites (N-methyl/N-ethyl adjacent to an activating group) is 1. The molecule has 0 unspecified atom stereocenters. The molecule has 32 heavy (non-hydrogen) atoms. The van der Waals surface area contributed by atoms with Crippen LogP contribution in [0.3, 0.4) is 0 Å². The normalized spacial score (nSPS) is 12.1. The van der Waals surface area contributed by atoms with Gasteiger partial charge in [-0.05, 0) is 37.9 Å². The third-order valence-electron chi connectivity index (χ3n) is 4.21. The lowest BCUT2D eigenvalue weighted by Crippen LogP contribution is -2.22. The first kappa shape index (κ1) is 26.2. The summed E-state index contributed by atoms with van der Waals surface area (Å²) in [4.78, 5) is 15.2. The first-order valence-corrected chi connectivity index (χ1v) is 14.0. The van der Waals surface area contributed by atoms with Crippen LogP contribution in [0.5, 0.6) is 0 Å². The Morgan fingerprint density at radius 1 is 1.03 bits per heavy atom. The monoisotopic (exact) mass is 501 g/mol. The van der Waals surface area contributed by atoms with Crippen molar-refractivity contribution >= 4 is 57.3 Å². The number of nitrogens with one attached hydrogen (secondary N) is 2. The van der Waals surface area contributed by atoms with Gasteiger partial charge < -0.3 is 10.2 Å². The quantitative estimate of drug-likeness (QED) is 0.330. The molecule has 0 spiro atoms. The number of benzene rings is 2. The Morgan fingerprint density at radius 3 is 2.25 bits per heavy atom. The van der Waals surface area contributed by atoms with Crippen molar-refractivity contribution < 1.29 is 21.4 Å². The van der Waals surface area contributed by atoms with E-state index in [2.05, 4.69) is 14.9 Å². The molecule has 0 saturated carbocycles. The van der Waals surface area contributed by atoms with Crippen LogP contribution in [0.2, 0.25) is 0 Å². The van der Waals surface area contributed by atoms with Gasteiger partial charge in [0.1, 0.15) is 0 Å². The van der Waals surface area contributed by atoms with Crippen molar-refractivity contribution in [2.45, 2.75) is 6.54 Å². The molecule has 0 radical (unpaired) electrons. The third-order valence-corrected chi connectivity index (χ3v) is 6.12. The second-order valence-corrected chi connectivity index (χ2v) is 11.8. The standard InChI is InChI=1S/C19H23N3O3S2.CH4O3S/c1-22(2)11-10-20-15-9-8-13(12-21-27(3,24)25)19-17(15)18(23)14-6-4-5-7-16(14)26-19;1-5(2,3)4/h4-9,20-21H,10-12H2,1-3H3;1H3,(H,2,3,4). The summed E-state index contributed by atoms with van der Waals surface area (Å²) in [5, 5.41) is 4.65. The van der Waals surface area contributed by atoms with Crippen LogP contribution < -0.4 is 15.5 Å². The van der Waals surface area contributed by atoms with Gasteiger partial charge in [-0.1, -0.05) is 18.2 Å². The number of sulfonamides is 1. The molecule has 0 fully saturated rings. The highest BCUT2D eigenvalue weighted by Gasteiger charge is 2.14. The van der Waals surface area contributed by atoms with Crippen molar-refractivity contribution in [2.75, 3.05) is 45.0 Å². The Balaban J connectivity index is 0.000000654. The fraction of sp³-hybridized carbons (Fsp3) is 0.350. The molecule has 0 aliphatic rings. The number of fused-ring (bicyclic) bond motifs is 2. The number of nitrogens with zero attached hydrogens (tertiary/aromatic N) is 1. The molecular formula is C20H27N3O6S3. The minimum Gasteiger partial charge on any atom is -0.383 e. The van der Waals surface area contributed by atoms with E-state index in [-0.39, 0.29) is 12.0 Å². The van der Waals surface area contributed by atoms with E-state index in [4.69, 9.17) is 4.55 Å². The maximum atomic E-state index is 13.2. The molecule has 9 nitrogen and oxygen atoms in total. The average Bonchev–Trinajstić information content (AvgIpc) is 2.65. The highest BCUT2D eigenvalue weighted by atomic mass is 32.2. The molecule has 176 valence electrons. The van der Waals surface area contributed by atoms with Crippen molar-refractivity contribution in [1.82, 2.24) is 9.62 Å². The lowest BCUT2D eigenvalue weighted by molar-refractivity contribution is 0.425. The lowest BCUT2D eigenvalue weighted by atomic mass is 10.1. The van der Waals surface area contributed by atoms with Gasteiger partial charge in [-0.25, -0.2) is 13.1 Å². The first-order chi connectivity index (χ1) is 14.8. The zero-order valence-corrected chi connectivity index (χ0v) is 20.7. The Bertz CT molecular complexity index is 1360. The van der Waals surface area contributed by atoms with E-state index < -0.39 is 20.1 Å². The molecule has 1 aromatic heterocycles. The molecule has 3 rings (SSSR count). The van der Waals surface area contributed by atoms with E-state index in [0.717, 1.165) is 33.5 Å². The highest BCUT2D eigenvalue weighted by Crippen LogP contribution is 2.32. The Morgan fingerprint density at radius 2 is 1.66 bits per heavy atom. The van der Waals surface area contributed by atoms with Crippen LogP contribution in [0, 0.1) is 0 Å². The summed E-state index contributed by atoms with van der Waals surface area (Å²) in [5.74, 6) is 0. The Kier molecular flexibility index (Phi) is 8.74. The molecule has 12 heteroatoms. The minimum atomic E-state index is -3.67. The van der Waals surface area contributed by atoms with Gasteiger partial charge in [-0.2, -0.15) is 8.42 Å². The van der Waals surface area contributed by atoms with Gasteiger partial charge in [-0.15, -0.1) is 11.3 Å². The predicted molar refractivity (Wildman–Crippen MR) is 132 cm³/mol. The topological polar surface area (TPSA) is 133 Å². The van der Waals surface area contributed by atoms with E-state index in [1.807, 2.05) is 50.5 Å². The van der Waals surface area contributed by atoms with Crippen molar-refractivity contribution in [3.05, 3.63) is 52.2 Å². The van der Waals surface area contributed by atoms with Crippen LogP contribution >= 0.6 is 11.3 Å². The maximum Gasteiger partial charge on any atom is 0.261 e. The number of rotatable bonds is 7. The molecule has 3 aromatic rings. The van der Waals surface area contributed by atoms with Gasteiger partial charge in [0.15, 0.2) is 5.43 Å². The highest BCUT2D eigenvalue weighted by molar-refractivity contribution is 7.88. The molecule has 0 aliphatic heterocycles. The summed E-state index contributed by atoms with van der Waals surface area (Å²) in [6.45, 7) is 1.70. The largest absolute Gasteiger partial charge is 0.383 e. The Labute approximate surface area is 191 Å². The van der Waals surface area contributed by atoms with Gasteiger partial charge in [0.25, 0.3) is 10.1 Å². The smallest absolute Gasteiger partial charge is 0.261 e. The number of hydrogen-bond acceptors (Lipinski definition) is 8.